The van der Waals surface area contributed by atoms with E-state index in [1.165, 1.54) is 19.3 Å². The van der Waals surface area contributed by atoms with Crippen LogP contribution < -0.4 is 4.74 Å². The number of piperidine rings is 1. The first-order valence-corrected chi connectivity index (χ1v) is 9.05. The van der Waals surface area contributed by atoms with E-state index in [0.717, 1.165) is 47.4 Å². The van der Waals surface area contributed by atoms with Crippen molar-refractivity contribution in [3.05, 3.63) is 27.7 Å². The number of benzene rings is 1. The number of hydrogen-bond acceptors (Lipinski definition) is 3. The van der Waals surface area contributed by atoms with E-state index in [4.69, 9.17) is 4.74 Å². The minimum absolute atomic E-state index is 0.256. The van der Waals surface area contributed by atoms with Gasteiger partial charge in [-0.3, -0.25) is 4.79 Å². The summed E-state index contributed by atoms with van der Waals surface area (Å²) in [7, 11) is 0. The standard InChI is InChI=1S/C18H24BrNO2/c1-3-18(11-20-7-5-4-6-8-20)12-22-16-14(17(18)21)9-13(2)10-15(16)19/h9-10H,3-8,11-12H2,1-2H3. The third-order valence-corrected chi connectivity index (χ3v) is 5.65. The average molecular weight is 366 g/mol. The van der Waals surface area contributed by atoms with Gasteiger partial charge in [-0.25, -0.2) is 0 Å². The fourth-order valence-corrected chi connectivity index (χ4v) is 4.33. The zero-order chi connectivity index (χ0) is 15.7. The molecule has 1 aromatic rings. The summed E-state index contributed by atoms with van der Waals surface area (Å²) in [5.74, 6) is 0.976. The van der Waals surface area contributed by atoms with Crippen LogP contribution in [-0.2, 0) is 0 Å². The second kappa shape index (κ2) is 6.32. The summed E-state index contributed by atoms with van der Waals surface area (Å²) >= 11 is 3.53. The van der Waals surface area contributed by atoms with E-state index in [-0.39, 0.29) is 5.78 Å². The molecule has 0 N–H and O–H groups in total. The molecule has 2 aliphatic rings. The molecule has 1 atom stereocenters. The maximum atomic E-state index is 13.2. The van der Waals surface area contributed by atoms with Crippen LogP contribution in [0.25, 0.3) is 0 Å². The molecule has 0 spiro atoms. The van der Waals surface area contributed by atoms with Gasteiger partial charge in [0.2, 0.25) is 0 Å². The van der Waals surface area contributed by atoms with Gasteiger partial charge in [-0.2, -0.15) is 0 Å². The number of carbonyl (C=O) groups is 1. The number of hydrogen-bond donors (Lipinski definition) is 0. The molecule has 0 bridgehead atoms. The second-order valence-electron chi connectivity index (χ2n) is 6.71. The molecule has 2 heterocycles. The molecule has 0 amide bonds. The third-order valence-electron chi connectivity index (χ3n) is 5.06. The Balaban J connectivity index is 1.91. The molecule has 1 saturated heterocycles. The molecular weight excluding hydrogens is 342 g/mol. The van der Waals surface area contributed by atoms with E-state index in [1.807, 2.05) is 19.1 Å². The van der Waals surface area contributed by atoms with Gasteiger partial charge < -0.3 is 9.64 Å². The van der Waals surface area contributed by atoms with Crippen molar-refractivity contribution in [1.82, 2.24) is 4.90 Å². The number of halogens is 1. The summed E-state index contributed by atoms with van der Waals surface area (Å²) in [5, 5.41) is 0. The molecule has 0 aromatic heterocycles. The van der Waals surface area contributed by atoms with Crippen LogP contribution in [0, 0.1) is 12.3 Å². The van der Waals surface area contributed by atoms with Crippen molar-refractivity contribution in [2.24, 2.45) is 5.41 Å². The van der Waals surface area contributed by atoms with Crippen LogP contribution >= 0.6 is 15.9 Å². The van der Waals surface area contributed by atoms with Gasteiger partial charge in [0.15, 0.2) is 5.78 Å². The molecule has 2 aliphatic heterocycles. The van der Waals surface area contributed by atoms with E-state index in [1.54, 1.807) is 0 Å². The van der Waals surface area contributed by atoms with E-state index in [9.17, 15) is 4.79 Å². The van der Waals surface area contributed by atoms with Gasteiger partial charge in [-0.15, -0.1) is 0 Å². The maximum Gasteiger partial charge on any atom is 0.177 e. The van der Waals surface area contributed by atoms with Crippen molar-refractivity contribution in [2.45, 2.75) is 39.5 Å². The number of ketones is 1. The fourth-order valence-electron chi connectivity index (χ4n) is 3.64. The number of fused-ring (bicyclic) bond motifs is 1. The number of rotatable bonds is 3. The minimum Gasteiger partial charge on any atom is -0.491 e. The molecule has 0 aliphatic carbocycles. The first kappa shape index (κ1) is 16.0. The lowest BCUT2D eigenvalue weighted by Gasteiger charge is -2.40. The Kier molecular flexibility index (Phi) is 4.60. The van der Waals surface area contributed by atoms with Crippen LogP contribution in [0.2, 0.25) is 0 Å². The summed E-state index contributed by atoms with van der Waals surface area (Å²) in [6.45, 7) is 7.67. The topological polar surface area (TPSA) is 29.5 Å². The normalized spacial score (nSPS) is 25.7. The van der Waals surface area contributed by atoms with Gasteiger partial charge in [0.25, 0.3) is 0 Å². The van der Waals surface area contributed by atoms with Crippen molar-refractivity contribution in [3.8, 4) is 5.75 Å². The molecule has 3 nitrogen and oxygen atoms in total. The SMILES string of the molecule is CCC1(CN2CCCCC2)COc2c(Br)cc(C)cc2C1=O. The summed E-state index contributed by atoms with van der Waals surface area (Å²) in [6.07, 6.45) is 4.63. The third kappa shape index (κ3) is 2.83. The van der Waals surface area contributed by atoms with E-state index in [2.05, 4.69) is 27.8 Å². The lowest BCUT2D eigenvalue weighted by molar-refractivity contribution is 0.0414. The van der Waals surface area contributed by atoms with Gasteiger partial charge in [-0.05, 0) is 72.9 Å². The highest BCUT2D eigenvalue weighted by atomic mass is 79.9. The van der Waals surface area contributed by atoms with Crippen LogP contribution in [0.4, 0.5) is 0 Å². The zero-order valence-corrected chi connectivity index (χ0v) is 15.0. The summed E-state index contributed by atoms with van der Waals surface area (Å²) in [4.78, 5) is 15.7. The van der Waals surface area contributed by atoms with Gasteiger partial charge in [0.1, 0.15) is 12.4 Å². The smallest absolute Gasteiger partial charge is 0.177 e. The maximum absolute atomic E-state index is 13.2. The van der Waals surface area contributed by atoms with Gasteiger partial charge in [0, 0.05) is 6.54 Å². The van der Waals surface area contributed by atoms with E-state index in [0.29, 0.717) is 6.61 Å². The van der Waals surface area contributed by atoms with Crippen molar-refractivity contribution in [1.29, 1.82) is 0 Å². The van der Waals surface area contributed by atoms with Gasteiger partial charge in [0.05, 0.1) is 15.5 Å². The van der Waals surface area contributed by atoms with Crippen molar-refractivity contribution < 1.29 is 9.53 Å². The predicted octanol–water partition coefficient (Wildman–Crippen LogP) is 4.21. The predicted molar refractivity (Wildman–Crippen MR) is 91.7 cm³/mol. The van der Waals surface area contributed by atoms with Crippen molar-refractivity contribution in [3.63, 3.8) is 0 Å². The van der Waals surface area contributed by atoms with E-state index >= 15 is 0 Å². The highest BCUT2D eigenvalue weighted by Gasteiger charge is 2.44. The lowest BCUT2D eigenvalue weighted by atomic mass is 9.76. The first-order chi connectivity index (χ1) is 10.6. The molecule has 22 heavy (non-hydrogen) atoms. The van der Waals surface area contributed by atoms with E-state index < -0.39 is 5.41 Å². The monoisotopic (exact) mass is 365 g/mol. The second-order valence-corrected chi connectivity index (χ2v) is 7.57. The summed E-state index contributed by atoms with van der Waals surface area (Å²) in [6, 6.07) is 3.98. The number of nitrogens with zero attached hydrogens (tertiary/aromatic N) is 1. The molecule has 1 fully saturated rings. The van der Waals surface area contributed by atoms with Crippen molar-refractivity contribution >= 4 is 21.7 Å². The molecule has 1 unspecified atom stereocenters. The Hall–Kier alpha value is -0.870. The first-order valence-electron chi connectivity index (χ1n) is 8.26. The molecule has 0 radical (unpaired) electrons. The van der Waals surface area contributed by atoms with Crippen LogP contribution in [0.15, 0.2) is 16.6 Å². The highest BCUT2D eigenvalue weighted by Crippen LogP contribution is 2.42. The van der Waals surface area contributed by atoms with Crippen LogP contribution in [0.3, 0.4) is 0 Å². The number of Topliss-reactive ketones (excluding diaryl/α,β-unsaturated/α-hetero) is 1. The number of ether oxygens (including phenoxy) is 1. The Morgan fingerprint density at radius 2 is 2.00 bits per heavy atom. The molecular formula is C18H24BrNO2. The average Bonchev–Trinajstić information content (AvgIpc) is 2.51. The highest BCUT2D eigenvalue weighted by molar-refractivity contribution is 9.10. The van der Waals surface area contributed by atoms with Crippen LogP contribution in [0.1, 0.15) is 48.5 Å². The summed E-state index contributed by atoms with van der Waals surface area (Å²) < 4.78 is 6.92. The Bertz CT molecular complexity index is 581. The molecule has 4 heteroatoms. The quantitative estimate of drug-likeness (QED) is 0.803. The molecule has 3 rings (SSSR count). The number of carbonyl (C=O) groups excluding carboxylic acids is 1. The largest absolute Gasteiger partial charge is 0.491 e. The number of aryl methyl sites for hydroxylation is 1. The van der Waals surface area contributed by atoms with Crippen LogP contribution in [0.5, 0.6) is 5.75 Å². The lowest BCUT2D eigenvalue weighted by Crippen LogP contribution is -2.50. The van der Waals surface area contributed by atoms with Crippen molar-refractivity contribution in [2.75, 3.05) is 26.2 Å². The van der Waals surface area contributed by atoms with Gasteiger partial charge >= 0.3 is 0 Å². The fraction of sp³-hybridized carbons (Fsp3) is 0.611. The minimum atomic E-state index is -0.391. The van der Waals surface area contributed by atoms with Crippen LogP contribution in [-0.4, -0.2) is 36.9 Å². The molecule has 0 saturated carbocycles. The number of likely N-dealkylation sites (tertiary alicyclic amines) is 1. The zero-order valence-electron chi connectivity index (χ0n) is 13.5. The summed E-state index contributed by atoms with van der Waals surface area (Å²) in [5.41, 5.74) is 1.45. The Morgan fingerprint density at radius 3 is 2.68 bits per heavy atom. The molecule has 120 valence electrons. The van der Waals surface area contributed by atoms with Gasteiger partial charge in [-0.1, -0.05) is 13.3 Å². The Morgan fingerprint density at radius 1 is 1.27 bits per heavy atom. The Labute approximate surface area is 141 Å². The molecule has 1 aromatic carbocycles.